The van der Waals surface area contributed by atoms with Gasteiger partial charge in [-0.2, -0.15) is 0 Å². The molecule has 104 valence electrons. The maximum absolute atomic E-state index is 9.44. The molecule has 0 aliphatic carbocycles. The van der Waals surface area contributed by atoms with E-state index in [9.17, 15) is 5.11 Å². The summed E-state index contributed by atoms with van der Waals surface area (Å²) >= 11 is 6.42. The minimum Gasteiger partial charge on any atom is -0.508 e. The average molecular weight is 289 g/mol. The Morgan fingerprint density at radius 3 is 2.40 bits per heavy atom. The van der Waals surface area contributed by atoms with Crippen molar-refractivity contribution >= 4 is 17.3 Å². The number of rotatable bonds is 2. The van der Waals surface area contributed by atoms with Gasteiger partial charge in [0, 0.05) is 37.4 Å². The minimum atomic E-state index is 0.268. The Kier molecular flexibility index (Phi) is 3.81. The Morgan fingerprint density at radius 2 is 1.70 bits per heavy atom. The Labute approximate surface area is 123 Å². The molecule has 2 aromatic rings. The summed E-state index contributed by atoms with van der Waals surface area (Å²) in [5.41, 5.74) is 3.22. The molecule has 1 saturated heterocycles. The van der Waals surface area contributed by atoms with E-state index in [4.69, 9.17) is 11.6 Å². The Bertz CT molecular complexity index is 592. The van der Waals surface area contributed by atoms with Crippen LogP contribution in [-0.2, 0) is 0 Å². The molecule has 1 heterocycles. The number of benzene rings is 2. The van der Waals surface area contributed by atoms with Crippen LogP contribution in [0.5, 0.6) is 5.75 Å². The predicted molar refractivity (Wildman–Crippen MR) is 83.6 cm³/mol. The molecule has 0 radical (unpaired) electrons. The van der Waals surface area contributed by atoms with Crippen molar-refractivity contribution in [2.75, 3.05) is 31.1 Å². The van der Waals surface area contributed by atoms with E-state index < -0.39 is 0 Å². The normalized spacial score (nSPS) is 15.3. The Balaban J connectivity index is 2.06. The number of halogens is 1. The average Bonchev–Trinajstić information content (AvgIpc) is 2.49. The van der Waals surface area contributed by atoms with Gasteiger partial charge in [-0.15, -0.1) is 0 Å². The third-order valence-electron chi connectivity index (χ3n) is 3.61. The number of nitrogens with zero attached hydrogens (tertiary/aromatic N) is 1. The third-order valence-corrected chi connectivity index (χ3v) is 3.92. The first-order valence-corrected chi connectivity index (χ1v) is 7.17. The van der Waals surface area contributed by atoms with Crippen LogP contribution in [0, 0.1) is 0 Å². The summed E-state index contributed by atoms with van der Waals surface area (Å²) in [5.74, 6) is 0.268. The van der Waals surface area contributed by atoms with Crippen LogP contribution in [0.4, 0.5) is 5.69 Å². The highest BCUT2D eigenvalue weighted by atomic mass is 35.5. The molecule has 3 nitrogen and oxygen atoms in total. The SMILES string of the molecule is Oc1ccc(-c2c(Cl)cccc2N2CCNCC2)cc1. The molecule has 0 aromatic heterocycles. The summed E-state index contributed by atoms with van der Waals surface area (Å²) in [4.78, 5) is 2.35. The number of piperazine rings is 1. The smallest absolute Gasteiger partial charge is 0.115 e. The summed E-state index contributed by atoms with van der Waals surface area (Å²) in [7, 11) is 0. The van der Waals surface area contributed by atoms with Gasteiger partial charge >= 0.3 is 0 Å². The van der Waals surface area contributed by atoms with Gasteiger partial charge < -0.3 is 15.3 Å². The summed E-state index contributed by atoms with van der Waals surface area (Å²) in [6.07, 6.45) is 0. The van der Waals surface area contributed by atoms with Crippen LogP contribution < -0.4 is 10.2 Å². The lowest BCUT2D eigenvalue weighted by atomic mass is 10.0. The van der Waals surface area contributed by atoms with Gasteiger partial charge in [0.15, 0.2) is 0 Å². The number of hydrogen-bond donors (Lipinski definition) is 2. The highest BCUT2D eigenvalue weighted by molar-refractivity contribution is 6.34. The van der Waals surface area contributed by atoms with Crippen molar-refractivity contribution in [1.29, 1.82) is 0 Å². The van der Waals surface area contributed by atoms with Gasteiger partial charge in [-0.3, -0.25) is 0 Å². The van der Waals surface area contributed by atoms with E-state index in [0.717, 1.165) is 48.0 Å². The van der Waals surface area contributed by atoms with Gasteiger partial charge in [-0.1, -0.05) is 29.8 Å². The lowest BCUT2D eigenvalue weighted by Crippen LogP contribution is -2.43. The van der Waals surface area contributed by atoms with Crippen LogP contribution in [0.25, 0.3) is 11.1 Å². The van der Waals surface area contributed by atoms with Crippen LogP contribution in [-0.4, -0.2) is 31.3 Å². The maximum atomic E-state index is 9.44. The van der Waals surface area contributed by atoms with E-state index in [-0.39, 0.29) is 5.75 Å². The van der Waals surface area contributed by atoms with Crippen molar-refractivity contribution in [3.8, 4) is 16.9 Å². The predicted octanol–water partition coefficient (Wildman–Crippen LogP) is 3.12. The Hall–Kier alpha value is -1.71. The molecule has 3 rings (SSSR count). The van der Waals surface area contributed by atoms with Crippen molar-refractivity contribution in [2.24, 2.45) is 0 Å². The van der Waals surface area contributed by atoms with Crippen molar-refractivity contribution in [1.82, 2.24) is 5.32 Å². The number of aromatic hydroxyl groups is 1. The summed E-state index contributed by atoms with van der Waals surface area (Å²) in [6.45, 7) is 3.93. The zero-order valence-corrected chi connectivity index (χ0v) is 11.9. The first-order valence-electron chi connectivity index (χ1n) is 6.79. The van der Waals surface area contributed by atoms with Crippen molar-refractivity contribution in [2.45, 2.75) is 0 Å². The van der Waals surface area contributed by atoms with E-state index in [1.54, 1.807) is 12.1 Å². The molecule has 0 amide bonds. The fourth-order valence-corrected chi connectivity index (χ4v) is 2.87. The highest BCUT2D eigenvalue weighted by Crippen LogP contribution is 2.37. The van der Waals surface area contributed by atoms with E-state index in [1.165, 1.54) is 0 Å². The summed E-state index contributed by atoms with van der Waals surface area (Å²) in [6, 6.07) is 13.2. The second-order valence-corrected chi connectivity index (χ2v) is 5.33. The number of phenols is 1. The van der Waals surface area contributed by atoms with Crippen LogP contribution >= 0.6 is 11.6 Å². The number of nitrogens with one attached hydrogen (secondary N) is 1. The molecule has 1 aliphatic rings. The van der Waals surface area contributed by atoms with Crippen molar-refractivity contribution < 1.29 is 5.11 Å². The number of hydrogen-bond acceptors (Lipinski definition) is 3. The zero-order chi connectivity index (χ0) is 13.9. The second-order valence-electron chi connectivity index (χ2n) is 4.92. The molecule has 1 aliphatic heterocycles. The topological polar surface area (TPSA) is 35.5 Å². The maximum Gasteiger partial charge on any atom is 0.115 e. The van der Waals surface area contributed by atoms with Crippen LogP contribution in [0.1, 0.15) is 0 Å². The molecule has 4 heteroatoms. The largest absolute Gasteiger partial charge is 0.508 e. The van der Waals surface area contributed by atoms with E-state index in [1.807, 2.05) is 24.3 Å². The fourth-order valence-electron chi connectivity index (χ4n) is 2.60. The molecule has 2 N–H and O–H groups in total. The van der Waals surface area contributed by atoms with E-state index >= 15 is 0 Å². The second kappa shape index (κ2) is 5.73. The van der Waals surface area contributed by atoms with Gasteiger partial charge in [0.25, 0.3) is 0 Å². The number of phenolic OH excluding ortho intramolecular Hbond substituents is 1. The zero-order valence-electron chi connectivity index (χ0n) is 11.1. The molecule has 0 unspecified atom stereocenters. The molecule has 0 atom stereocenters. The van der Waals surface area contributed by atoms with Gasteiger partial charge in [-0.05, 0) is 29.8 Å². The molecule has 2 aromatic carbocycles. The van der Waals surface area contributed by atoms with Crippen LogP contribution in [0.2, 0.25) is 5.02 Å². The number of anilines is 1. The summed E-state index contributed by atoms with van der Waals surface area (Å²) in [5, 5.41) is 13.5. The lowest BCUT2D eigenvalue weighted by Gasteiger charge is -2.31. The van der Waals surface area contributed by atoms with Gasteiger partial charge in [0.1, 0.15) is 5.75 Å². The van der Waals surface area contributed by atoms with Crippen molar-refractivity contribution in [3.05, 3.63) is 47.5 Å². The highest BCUT2D eigenvalue weighted by Gasteiger charge is 2.17. The Morgan fingerprint density at radius 1 is 1.00 bits per heavy atom. The molecular formula is C16H17ClN2O. The van der Waals surface area contributed by atoms with E-state index in [0.29, 0.717) is 0 Å². The third kappa shape index (κ3) is 2.60. The van der Waals surface area contributed by atoms with Crippen LogP contribution in [0.3, 0.4) is 0 Å². The van der Waals surface area contributed by atoms with Crippen molar-refractivity contribution in [3.63, 3.8) is 0 Å². The quantitative estimate of drug-likeness (QED) is 0.891. The lowest BCUT2D eigenvalue weighted by molar-refractivity contribution is 0.475. The molecular weight excluding hydrogens is 272 g/mol. The standard InChI is InChI=1S/C16H17ClN2O/c17-14-2-1-3-15(19-10-8-18-9-11-19)16(14)12-4-6-13(20)7-5-12/h1-7,18,20H,8-11H2. The molecule has 0 bridgehead atoms. The molecule has 1 fully saturated rings. The minimum absolute atomic E-state index is 0.268. The molecule has 20 heavy (non-hydrogen) atoms. The molecule has 0 spiro atoms. The van der Waals surface area contributed by atoms with Gasteiger partial charge in [0.2, 0.25) is 0 Å². The van der Waals surface area contributed by atoms with Crippen LogP contribution in [0.15, 0.2) is 42.5 Å². The molecule has 0 saturated carbocycles. The first-order chi connectivity index (χ1) is 9.75. The van der Waals surface area contributed by atoms with E-state index in [2.05, 4.69) is 16.3 Å². The van der Waals surface area contributed by atoms with Gasteiger partial charge in [-0.25, -0.2) is 0 Å². The summed E-state index contributed by atoms with van der Waals surface area (Å²) < 4.78 is 0. The first kappa shape index (κ1) is 13.3. The fraction of sp³-hybridized carbons (Fsp3) is 0.250. The van der Waals surface area contributed by atoms with Gasteiger partial charge in [0.05, 0.1) is 5.02 Å². The monoisotopic (exact) mass is 288 g/mol.